The number of hydrogen-bond acceptors (Lipinski definition) is 3. The average Bonchev–Trinajstić information content (AvgIpc) is 2.95. The van der Waals surface area contributed by atoms with Crippen LogP contribution in [0.25, 0.3) is 0 Å². The molecule has 0 bridgehead atoms. The second-order valence-corrected chi connectivity index (χ2v) is 9.51. The number of nitrogens with one attached hydrogen (secondary N) is 1. The Bertz CT molecular complexity index is 506. The first-order valence-electron chi connectivity index (χ1n) is 9.34. The van der Waals surface area contributed by atoms with E-state index in [4.69, 9.17) is 0 Å². The minimum atomic E-state index is 0.0743. The number of unbranched alkanes of at least 4 members (excludes halogenated alkanes) is 1. The third-order valence-corrected chi connectivity index (χ3v) is 5.78. The van der Waals surface area contributed by atoms with Gasteiger partial charge in [-0.05, 0) is 64.8 Å². The molecule has 136 valence electrons. The molecule has 0 aromatic carbocycles. The van der Waals surface area contributed by atoms with Crippen LogP contribution < -0.4 is 5.32 Å². The van der Waals surface area contributed by atoms with Gasteiger partial charge in [-0.1, -0.05) is 19.4 Å². The Labute approximate surface area is 151 Å². The van der Waals surface area contributed by atoms with Crippen LogP contribution in [0.3, 0.4) is 0 Å². The molecular formula is C20H34N2OS. The van der Waals surface area contributed by atoms with Gasteiger partial charge in [0.25, 0.3) is 0 Å². The summed E-state index contributed by atoms with van der Waals surface area (Å²) < 4.78 is 0. The molecule has 1 saturated heterocycles. The quantitative estimate of drug-likeness (QED) is 0.778. The highest BCUT2D eigenvalue weighted by Crippen LogP contribution is 2.32. The van der Waals surface area contributed by atoms with Crippen LogP contribution in [0.2, 0.25) is 0 Å². The molecule has 1 aromatic rings. The van der Waals surface area contributed by atoms with Gasteiger partial charge in [0.05, 0.1) is 0 Å². The van der Waals surface area contributed by atoms with E-state index >= 15 is 0 Å². The van der Waals surface area contributed by atoms with Crippen molar-refractivity contribution in [1.82, 2.24) is 10.2 Å². The van der Waals surface area contributed by atoms with Crippen LogP contribution in [0.15, 0.2) is 17.5 Å². The minimum Gasteiger partial charge on any atom is -0.340 e. The lowest BCUT2D eigenvalue weighted by Gasteiger charge is -2.49. The van der Waals surface area contributed by atoms with E-state index in [0.29, 0.717) is 18.4 Å². The first-order chi connectivity index (χ1) is 11.2. The molecule has 1 amide bonds. The highest BCUT2D eigenvalue weighted by Gasteiger charge is 2.40. The van der Waals surface area contributed by atoms with E-state index in [1.165, 1.54) is 4.88 Å². The number of piperidine rings is 1. The molecule has 0 aliphatic carbocycles. The van der Waals surface area contributed by atoms with Gasteiger partial charge in [0.2, 0.25) is 5.91 Å². The number of hydrogen-bond donors (Lipinski definition) is 1. The predicted octanol–water partition coefficient (Wildman–Crippen LogP) is 4.62. The van der Waals surface area contributed by atoms with Crippen LogP contribution >= 0.6 is 11.3 Å². The lowest BCUT2D eigenvalue weighted by Crippen LogP contribution is -2.62. The molecule has 1 fully saturated rings. The molecule has 2 heterocycles. The summed E-state index contributed by atoms with van der Waals surface area (Å²) in [5.41, 5.74) is 0.149. The normalized spacial score (nSPS) is 20.0. The summed E-state index contributed by atoms with van der Waals surface area (Å²) in [7, 11) is 0. The maximum atomic E-state index is 13.0. The summed E-state index contributed by atoms with van der Waals surface area (Å²) in [5.74, 6) is 0.329. The number of aryl methyl sites for hydroxylation is 1. The standard InChI is InChI=1S/C20H34N2OS/c1-6-7-12-22(18(23)11-10-17-9-8-13-24-17)16-14-19(2,3)21-20(4,5)15-16/h8-9,13,16,21H,6-7,10-12,14-15H2,1-5H3. The van der Waals surface area contributed by atoms with Gasteiger partial charge in [-0.3, -0.25) is 4.79 Å². The first-order valence-corrected chi connectivity index (χ1v) is 10.2. The molecule has 24 heavy (non-hydrogen) atoms. The van der Waals surface area contributed by atoms with E-state index in [0.717, 1.165) is 38.6 Å². The second-order valence-electron chi connectivity index (χ2n) is 8.47. The Morgan fingerprint density at radius 3 is 2.50 bits per heavy atom. The van der Waals surface area contributed by atoms with Crippen molar-refractivity contribution in [3.63, 3.8) is 0 Å². The van der Waals surface area contributed by atoms with Crippen molar-refractivity contribution in [2.24, 2.45) is 0 Å². The highest BCUT2D eigenvalue weighted by molar-refractivity contribution is 7.09. The van der Waals surface area contributed by atoms with Crippen molar-refractivity contribution < 1.29 is 4.79 Å². The van der Waals surface area contributed by atoms with E-state index in [1.807, 2.05) is 0 Å². The number of carbonyl (C=O) groups is 1. The molecule has 0 saturated carbocycles. The lowest BCUT2D eigenvalue weighted by molar-refractivity contribution is -0.135. The summed E-state index contributed by atoms with van der Waals surface area (Å²) in [6, 6.07) is 4.54. The molecule has 1 aliphatic rings. The van der Waals surface area contributed by atoms with Crippen LogP contribution in [0.1, 0.15) is 71.6 Å². The summed E-state index contributed by atoms with van der Waals surface area (Å²) in [5, 5.41) is 5.82. The van der Waals surface area contributed by atoms with Gasteiger partial charge < -0.3 is 10.2 Å². The molecule has 1 aliphatic heterocycles. The Morgan fingerprint density at radius 2 is 1.96 bits per heavy atom. The predicted molar refractivity (Wildman–Crippen MR) is 104 cm³/mol. The number of nitrogens with zero attached hydrogens (tertiary/aromatic N) is 1. The lowest BCUT2D eigenvalue weighted by atomic mass is 9.79. The molecule has 1 aromatic heterocycles. The van der Waals surface area contributed by atoms with Crippen LogP contribution in [-0.4, -0.2) is 34.5 Å². The molecule has 3 nitrogen and oxygen atoms in total. The van der Waals surface area contributed by atoms with Gasteiger partial charge in [-0.2, -0.15) is 0 Å². The second kappa shape index (κ2) is 8.01. The fourth-order valence-electron chi connectivity index (χ4n) is 4.16. The highest BCUT2D eigenvalue weighted by atomic mass is 32.1. The third kappa shape index (κ3) is 5.59. The summed E-state index contributed by atoms with van der Waals surface area (Å²) in [4.78, 5) is 16.5. The van der Waals surface area contributed by atoms with Crippen LogP contribution in [0, 0.1) is 0 Å². The minimum absolute atomic E-state index is 0.0743. The van der Waals surface area contributed by atoms with Gasteiger partial charge >= 0.3 is 0 Å². The van der Waals surface area contributed by atoms with Crippen molar-refractivity contribution in [1.29, 1.82) is 0 Å². The fraction of sp³-hybridized carbons (Fsp3) is 0.750. The molecule has 1 N–H and O–H groups in total. The third-order valence-electron chi connectivity index (χ3n) is 4.85. The molecular weight excluding hydrogens is 316 g/mol. The van der Waals surface area contributed by atoms with Crippen LogP contribution in [0.5, 0.6) is 0 Å². The number of rotatable bonds is 7. The van der Waals surface area contributed by atoms with E-state index in [9.17, 15) is 4.79 Å². The van der Waals surface area contributed by atoms with Crippen molar-refractivity contribution >= 4 is 17.2 Å². The molecule has 0 radical (unpaired) electrons. The maximum absolute atomic E-state index is 13.0. The van der Waals surface area contributed by atoms with Crippen LogP contribution in [-0.2, 0) is 11.2 Å². The van der Waals surface area contributed by atoms with Gasteiger partial charge in [-0.25, -0.2) is 0 Å². The topological polar surface area (TPSA) is 32.3 Å². The van der Waals surface area contributed by atoms with E-state index in [2.05, 4.69) is 62.3 Å². The summed E-state index contributed by atoms with van der Waals surface area (Å²) in [6.07, 6.45) is 5.80. The number of thiophene rings is 1. The van der Waals surface area contributed by atoms with Gasteiger partial charge in [-0.15, -0.1) is 11.3 Å². The largest absolute Gasteiger partial charge is 0.340 e. The van der Waals surface area contributed by atoms with Gasteiger partial charge in [0, 0.05) is 35.0 Å². The maximum Gasteiger partial charge on any atom is 0.223 e. The monoisotopic (exact) mass is 350 g/mol. The van der Waals surface area contributed by atoms with Crippen molar-refractivity contribution in [3.05, 3.63) is 22.4 Å². The van der Waals surface area contributed by atoms with Crippen molar-refractivity contribution in [2.75, 3.05) is 6.54 Å². The molecule has 0 atom stereocenters. The fourth-order valence-corrected chi connectivity index (χ4v) is 4.87. The zero-order valence-corrected chi connectivity index (χ0v) is 16.8. The van der Waals surface area contributed by atoms with Crippen molar-refractivity contribution in [2.45, 2.75) is 90.3 Å². The van der Waals surface area contributed by atoms with Crippen LogP contribution in [0.4, 0.5) is 0 Å². The number of amides is 1. The Morgan fingerprint density at radius 1 is 1.29 bits per heavy atom. The van der Waals surface area contributed by atoms with Crippen molar-refractivity contribution in [3.8, 4) is 0 Å². The van der Waals surface area contributed by atoms with E-state index in [1.54, 1.807) is 11.3 Å². The van der Waals surface area contributed by atoms with E-state index in [-0.39, 0.29) is 11.1 Å². The Balaban J connectivity index is 2.06. The Kier molecular flexibility index (Phi) is 6.49. The molecule has 0 unspecified atom stereocenters. The van der Waals surface area contributed by atoms with Gasteiger partial charge in [0.1, 0.15) is 0 Å². The summed E-state index contributed by atoms with van der Waals surface area (Å²) >= 11 is 1.75. The number of carbonyl (C=O) groups excluding carboxylic acids is 1. The molecule has 0 spiro atoms. The Hall–Kier alpha value is -0.870. The van der Waals surface area contributed by atoms with Gasteiger partial charge in [0.15, 0.2) is 0 Å². The zero-order valence-electron chi connectivity index (χ0n) is 16.0. The first kappa shape index (κ1) is 19.5. The summed E-state index contributed by atoms with van der Waals surface area (Å²) in [6.45, 7) is 12.1. The smallest absolute Gasteiger partial charge is 0.223 e. The van der Waals surface area contributed by atoms with E-state index < -0.39 is 0 Å². The zero-order chi connectivity index (χ0) is 17.8. The SMILES string of the molecule is CCCCN(C(=O)CCc1cccs1)C1CC(C)(C)NC(C)(C)C1. The molecule has 2 rings (SSSR count). The molecule has 4 heteroatoms. The average molecular weight is 351 g/mol.